The normalized spacial score (nSPS) is 11.8. The molecule has 0 aliphatic carbocycles. The fourth-order valence-electron chi connectivity index (χ4n) is 2.57. The Morgan fingerprint density at radius 3 is 1.54 bits per heavy atom. The van der Waals surface area contributed by atoms with Crippen LogP contribution in [0, 0.1) is 0 Å². The number of rotatable bonds is 21. The zero-order chi connectivity index (χ0) is 20.0. The van der Waals surface area contributed by atoms with E-state index in [1.54, 1.807) is 6.92 Å². The van der Waals surface area contributed by atoms with Gasteiger partial charge < -0.3 is 24.7 Å². The Hall–Kier alpha value is -0.400. The fourth-order valence-corrected chi connectivity index (χ4v) is 2.57. The fraction of sp³-hybridized carbons (Fsp3) is 0.952. The number of halogens is 1. The van der Waals surface area contributed by atoms with Gasteiger partial charge in [0.2, 0.25) is 0 Å². The smallest absolute Gasteiger partial charge is 0.322 e. The van der Waals surface area contributed by atoms with Crippen LogP contribution in [-0.2, 0) is 23.7 Å². The molecule has 0 fully saturated rings. The summed E-state index contributed by atoms with van der Waals surface area (Å²) in [4.78, 5) is 11.1. The van der Waals surface area contributed by atoms with Crippen molar-refractivity contribution in [2.24, 2.45) is 5.73 Å². The number of nitrogens with two attached hydrogens (primary N) is 1. The van der Waals surface area contributed by atoms with Crippen LogP contribution >= 0.6 is 12.4 Å². The van der Waals surface area contributed by atoms with Crippen LogP contribution in [0.2, 0.25) is 0 Å². The highest BCUT2D eigenvalue weighted by molar-refractivity contribution is 5.85. The minimum absolute atomic E-state index is 0. The van der Waals surface area contributed by atoms with Crippen molar-refractivity contribution in [2.75, 3.05) is 46.2 Å². The maximum atomic E-state index is 11.1. The number of hydrogen-bond donors (Lipinski definition) is 1. The Morgan fingerprint density at radius 2 is 1.07 bits per heavy atom. The molecule has 0 saturated carbocycles. The van der Waals surface area contributed by atoms with Crippen LogP contribution in [0.4, 0.5) is 0 Å². The Bertz CT molecular complexity index is 319. The monoisotopic (exact) mass is 425 g/mol. The van der Waals surface area contributed by atoms with Gasteiger partial charge in [-0.05, 0) is 13.3 Å². The van der Waals surface area contributed by atoms with Crippen molar-refractivity contribution in [1.29, 1.82) is 0 Å². The summed E-state index contributed by atoms with van der Waals surface area (Å²) >= 11 is 0. The van der Waals surface area contributed by atoms with Crippen LogP contribution in [0.15, 0.2) is 0 Å². The first-order valence-electron chi connectivity index (χ1n) is 10.8. The summed E-state index contributed by atoms with van der Waals surface area (Å²) in [5.41, 5.74) is 5.37. The third-order valence-electron chi connectivity index (χ3n) is 4.23. The minimum Gasteiger partial charge on any atom is -0.462 e. The van der Waals surface area contributed by atoms with Gasteiger partial charge in [0.25, 0.3) is 0 Å². The summed E-state index contributed by atoms with van der Waals surface area (Å²) in [6.07, 6.45) is 13.4. The molecular weight excluding hydrogens is 382 g/mol. The zero-order valence-electron chi connectivity index (χ0n) is 18.1. The largest absolute Gasteiger partial charge is 0.462 e. The van der Waals surface area contributed by atoms with E-state index in [4.69, 9.17) is 24.7 Å². The lowest BCUT2D eigenvalue weighted by molar-refractivity contribution is -0.146. The molecule has 1 atom stereocenters. The third-order valence-corrected chi connectivity index (χ3v) is 4.23. The van der Waals surface area contributed by atoms with E-state index in [0.717, 1.165) is 13.0 Å². The summed E-state index contributed by atoms with van der Waals surface area (Å²) in [5, 5.41) is 0. The first kappa shape index (κ1) is 29.8. The Balaban J connectivity index is 0. The lowest BCUT2D eigenvalue weighted by Gasteiger charge is -2.08. The molecule has 0 aliphatic rings. The summed E-state index contributed by atoms with van der Waals surface area (Å²) in [7, 11) is 0. The van der Waals surface area contributed by atoms with Gasteiger partial charge in [-0.1, -0.05) is 64.7 Å². The molecule has 7 heteroatoms. The third kappa shape index (κ3) is 23.6. The summed E-state index contributed by atoms with van der Waals surface area (Å²) < 4.78 is 21.2. The highest BCUT2D eigenvalue weighted by Crippen LogP contribution is 2.10. The van der Waals surface area contributed by atoms with Crippen molar-refractivity contribution >= 4 is 18.4 Å². The molecule has 0 heterocycles. The van der Waals surface area contributed by atoms with Crippen molar-refractivity contribution < 1.29 is 23.7 Å². The minimum atomic E-state index is -0.589. The van der Waals surface area contributed by atoms with Gasteiger partial charge in [-0.15, -0.1) is 12.4 Å². The average molecular weight is 426 g/mol. The molecule has 0 amide bonds. The maximum Gasteiger partial charge on any atom is 0.322 e. The van der Waals surface area contributed by atoms with Gasteiger partial charge >= 0.3 is 5.97 Å². The van der Waals surface area contributed by atoms with E-state index >= 15 is 0 Å². The second kappa shape index (κ2) is 24.6. The van der Waals surface area contributed by atoms with E-state index in [9.17, 15) is 4.79 Å². The first-order valence-corrected chi connectivity index (χ1v) is 10.8. The van der Waals surface area contributed by atoms with Gasteiger partial charge in [0.05, 0.1) is 33.0 Å². The van der Waals surface area contributed by atoms with Gasteiger partial charge in [0.1, 0.15) is 12.6 Å². The van der Waals surface area contributed by atoms with Crippen LogP contribution in [0.25, 0.3) is 0 Å². The molecule has 0 aromatic carbocycles. The van der Waals surface area contributed by atoms with Gasteiger partial charge in [-0.25, -0.2) is 0 Å². The standard InChI is InChI=1S/C21H43NO5.ClH/c1-3-4-5-6-7-8-9-10-11-12-13-24-14-15-25-16-17-26-18-19-27-21(23)20(2)22;/h20H,3-19,22H2,1-2H3;1H/t20-;/m0./s1. The molecule has 0 rings (SSSR count). The van der Waals surface area contributed by atoms with Crippen LogP contribution < -0.4 is 5.73 Å². The predicted molar refractivity (Wildman–Crippen MR) is 116 cm³/mol. The van der Waals surface area contributed by atoms with Crippen LogP contribution in [-0.4, -0.2) is 58.3 Å². The van der Waals surface area contributed by atoms with E-state index in [1.165, 1.54) is 57.8 Å². The highest BCUT2D eigenvalue weighted by atomic mass is 35.5. The number of ether oxygens (including phenoxy) is 4. The van der Waals surface area contributed by atoms with Crippen LogP contribution in [0.5, 0.6) is 0 Å². The topological polar surface area (TPSA) is 80.0 Å². The van der Waals surface area contributed by atoms with Crippen LogP contribution in [0.1, 0.15) is 78.1 Å². The SMILES string of the molecule is CCCCCCCCCCCCOCCOCCOCCOC(=O)[C@H](C)N.Cl. The van der Waals surface area contributed by atoms with Crippen molar-refractivity contribution in [2.45, 2.75) is 84.1 Å². The molecule has 28 heavy (non-hydrogen) atoms. The maximum absolute atomic E-state index is 11.1. The number of carbonyl (C=O) groups excluding carboxylic acids is 1. The molecule has 0 unspecified atom stereocenters. The van der Waals surface area contributed by atoms with Gasteiger partial charge in [-0.3, -0.25) is 4.79 Å². The molecule has 0 aliphatic heterocycles. The molecule has 2 N–H and O–H groups in total. The van der Waals surface area contributed by atoms with Crippen molar-refractivity contribution in [1.82, 2.24) is 0 Å². The summed E-state index contributed by atoms with van der Waals surface area (Å²) in [6.45, 7) is 7.47. The van der Waals surface area contributed by atoms with E-state index in [0.29, 0.717) is 33.0 Å². The van der Waals surface area contributed by atoms with Crippen LogP contribution in [0.3, 0.4) is 0 Å². The van der Waals surface area contributed by atoms with E-state index in [1.807, 2.05) is 0 Å². The van der Waals surface area contributed by atoms with E-state index < -0.39 is 12.0 Å². The Labute approximate surface area is 178 Å². The number of hydrogen-bond acceptors (Lipinski definition) is 6. The molecule has 0 aromatic rings. The number of esters is 1. The van der Waals surface area contributed by atoms with E-state index in [-0.39, 0.29) is 19.0 Å². The van der Waals surface area contributed by atoms with Gasteiger partial charge in [0, 0.05) is 6.61 Å². The quantitative estimate of drug-likeness (QED) is 0.218. The molecule has 170 valence electrons. The lowest BCUT2D eigenvalue weighted by Crippen LogP contribution is -2.29. The first-order chi connectivity index (χ1) is 13.2. The van der Waals surface area contributed by atoms with Gasteiger partial charge in [0.15, 0.2) is 0 Å². The molecule has 0 saturated heterocycles. The zero-order valence-corrected chi connectivity index (χ0v) is 18.9. The predicted octanol–water partition coefficient (Wildman–Crippen LogP) is 4.27. The molecule has 0 aromatic heterocycles. The van der Waals surface area contributed by atoms with Crippen molar-refractivity contribution in [3.8, 4) is 0 Å². The lowest BCUT2D eigenvalue weighted by atomic mass is 10.1. The second-order valence-corrected chi connectivity index (χ2v) is 6.98. The number of unbranched alkanes of at least 4 members (excludes halogenated alkanes) is 9. The van der Waals surface area contributed by atoms with Crippen molar-refractivity contribution in [3.05, 3.63) is 0 Å². The molecular formula is C21H44ClNO5. The molecule has 0 radical (unpaired) electrons. The highest BCUT2D eigenvalue weighted by Gasteiger charge is 2.07. The Morgan fingerprint density at radius 1 is 0.679 bits per heavy atom. The second-order valence-electron chi connectivity index (χ2n) is 6.98. The summed E-state index contributed by atoms with van der Waals surface area (Å²) in [6, 6.07) is -0.589. The van der Waals surface area contributed by atoms with Crippen molar-refractivity contribution in [3.63, 3.8) is 0 Å². The molecule has 0 bridgehead atoms. The van der Waals surface area contributed by atoms with E-state index in [2.05, 4.69) is 6.92 Å². The average Bonchev–Trinajstić information content (AvgIpc) is 2.66. The number of carbonyl (C=O) groups is 1. The molecule has 0 spiro atoms. The Kier molecular flexibility index (Phi) is 26.2. The summed E-state index contributed by atoms with van der Waals surface area (Å²) in [5.74, 6) is -0.408. The van der Waals surface area contributed by atoms with Gasteiger partial charge in [-0.2, -0.15) is 0 Å². The molecule has 6 nitrogen and oxygen atoms in total.